The Hall–Kier alpha value is -0.670. The molecule has 0 radical (unpaired) electrons. The van der Waals surface area contributed by atoms with Crippen molar-refractivity contribution in [3.63, 3.8) is 0 Å². The molecule has 0 saturated heterocycles. The van der Waals surface area contributed by atoms with Gasteiger partial charge < -0.3 is 4.90 Å². The third-order valence-corrected chi connectivity index (χ3v) is 5.37. The molecule has 0 aliphatic heterocycles. The molecule has 2 aromatic heterocycles. The van der Waals surface area contributed by atoms with Crippen molar-refractivity contribution in [2.75, 3.05) is 26.7 Å². The van der Waals surface area contributed by atoms with Gasteiger partial charge >= 0.3 is 0 Å². The van der Waals surface area contributed by atoms with E-state index < -0.39 is 10.0 Å². The van der Waals surface area contributed by atoms with Crippen molar-refractivity contribution in [1.29, 1.82) is 0 Å². The molecule has 0 aliphatic rings. The Bertz CT molecular complexity index is 664. The monoisotopic (exact) mass is 322 g/mol. The SMILES string of the molecule is CCN(C)CCNS(=O)(=O)c1c(Cl)nc2sccn12. The first kappa shape index (κ1) is 14.7. The van der Waals surface area contributed by atoms with E-state index in [9.17, 15) is 8.42 Å². The van der Waals surface area contributed by atoms with E-state index in [2.05, 4.69) is 9.71 Å². The lowest BCUT2D eigenvalue weighted by Crippen LogP contribution is -2.33. The van der Waals surface area contributed by atoms with E-state index in [0.29, 0.717) is 18.1 Å². The number of likely N-dealkylation sites (N-methyl/N-ethyl adjacent to an activating group) is 1. The van der Waals surface area contributed by atoms with Gasteiger partial charge in [0, 0.05) is 24.7 Å². The average Bonchev–Trinajstić information content (AvgIpc) is 2.87. The Kier molecular flexibility index (Phi) is 4.46. The number of fused-ring (bicyclic) bond motifs is 1. The van der Waals surface area contributed by atoms with Gasteiger partial charge in [0.05, 0.1) is 0 Å². The maximum Gasteiger partial charge on any atom is 0.259 e. The maximum absolute atomic E-state index is 12.2. The average molecular weight is 323 g/mol. The van der Waals surface area contributed by atoms with Gasteiger partial charge in [0.15, 0.2) is 15.1 Å². The first-order valence-electron chi connectivity index (χ1n) is 5.75. The van der Waals surface area contributed by atoms with Crippen molar-refractivity contribution in [2.45, 2.75) is 11.9 Å². The molecule has 19 heavy (non-hydrogen) atoms. The Morgan fingerprint density at radius 3 is 3.00 bits per heavy atom. The van der Waals surface area contributed by atoms with Gasteiger partial charge in [-0.05, 0) is 13.6 Å². The molecule has 2 heterocycles. The normalized spacial score (nSPS) is 12.6. The molecule has 106 valence electrons. The van der Waals surface area contributed by atoms with E-state index in [4.69, 9.17) is 11.6 Å². The molecule has 0 amide bonds. The minimum atomic E-state index is -3.65. The van der Waals surface area contributed by atoms with E-state index in [1.807, 2.05) is 18.9 Å². The summed E-state index contributed by atoms with van der Waals surface area (Å²) >= 11 is 7.25. The Morgan fingerprint density at radius 1 is 1.58 bits per heavy atom. The summed E-state index contributed by atoms with van der Waals surface area (Å²) in [6.45, 7) is 3.85. The molecule has 0 aromatic carbocycles. The smallest absolute Gasteiger partial charge is 0.259 e. The molecule has 2 rings (SSSR count). The van der Waals surface area contributed by atoms with Crippen molar-refractivity contribution in [1.82, 2.24) is 19.0 Å². The van der Waals surface area contributed by atoms with Crippen LogP contribution in [-0.2, 0) is 10.0 Å². The van der Waals surface area contributed by atoms with Crippen molar-refractivity contribution in [2.24, 2.45) is 0 Å². The van der Waals surface area contributed by atoms with Crippen LogP contribution in [0.4, 0.5) is 0 Å². The van der Waals surface area contributed by atoms with Gasteiger partial charge in [-0.25, -0.2) is 18.1 Å². The zero-order chi connectivity index (χ0) is 14.0. The summed E-state index contributed by atoms with van der Waals surface area (Å²) in [6, 6.07) is 0. The fourth-order valence-electron chi connectivity index (χ4n) is 1.58. The van der Waals surface area contributed by atoms with Crippen molar-refractivity contribution < 1.29 is 8.42 Å². The summed E-state index contributed by atoms with van der Waals surface area (Å²) in [6.07, 6.45) is 1.64. The lowest BCUT2D eigenvalue weighted by molar-refractivity contribution is 0.358. The molecule has 0 spiro atoms. The van der Waals surface area contributed by atoms with Gasteiger partial charge in [0.2, 0.25) is 0 Å². The zero-order valence-corrected chi connectivity index (χ0v) is 13.0. The van der Waals surface area contributed by atoms with Crippen LogP contribution in [0.25, 0.3) is 4.96 Å². The first-order valence-corrected chi connectivity index (χ1v) is 8.49. The number of nitrogens with one attached hydrogen (secondary N) is 1. The van der Waals surface area contributed by atoms with Gasteiger partial charge in [0.1, 0.15) is 0 Å². The van der Waals surface area contributed by atoms with Crippen LogP contribution < -0.4 is 4.72 Å². The topological polar surface area (TPSA) is 66.7 Å². The lowest BCUT2D eigenvalue weighted by atomic mass is 10.5. The summed E-state index contributed by atoms with van der Waals surface area (Å²) in [7, 11) is -1.72. The Morgan fingerprint density at radius 2 is 2.32 bits per heavy atom. The largest absolute Gasteiger partial charge is 0.305 e. The van der Waals surface area contributed by atoms with Crippen LogP contribution in [0.2, 0.25) is 5.15 Å². The highest BCUT2D eigenvalue weighted by Gasteiger charge is 2.24. The molecule has 0 fully saturated rings. The number of nitrogens with zero attached hydrogens (tertiary/aromatic N) is 3. The minimum absolute atomic E-state index is 0.00296. The molecule has 9 heteroatoms. The highest BCUT2D eigenvalue weighted by atomic mass is 35.5. The van der Waals surface area contributed by atoms with Crippen molar-refractivity contribution in [3.05, 3.63) is 16.7 Å². The fraction of sp³-hybridized carbons (Fsp3) is 0.500. The van der Waals surface area contributed by atoms with E-state index in [-0.39, 0.29) is 10.2 Å². The molecule has 0 saturated carbocycles. The lowest BCUT2D eigenvalue weighted by Gasteiger charge is -2.13. The molecule has 6 nitrogen and oxygen atoms in total. The molecule has 1 N–H and O–H groups in total. The second kappa shape index (κ2) is 5.76. The van der Waals surface area contributed by atoms with Crippen molar-refractivity contribution in [3.8, 4) is 0 Å². The third-order valence-electron chi connectivity index (χ3n) is 2.76. The highest BCUT2D eigenvalue weighted by Crippen LogP contribution is 2.24. The third kappa shape index (κ3) is 3.09. The predicted molar refractivity (Wildman–Crippen MR) is 76.4 cm³/mol. The van der Waals surface area contributed by atoms with E-state index in [1.54, 1.807) is 11.6 Å². The number of hydrogen-bond acceptors (Lipinski definition) is 5. The molecular weight excluding hydrogens is 308 g/mol. The second-order valence-corrected chi connectivity index (χ2v) is 6.97. The van der Waals surface area contributed by atoms with Gasteiger partial charge in [-0.1, -0.05) is 18.5 Å². The van der Waals surface area contributed by atoms with Gasteiger partial charge in [-0.15, -0.1) is 11.3 Å². The number of imidazole rings is 1. The fourth-order valence-corrected chi connectivity index (χ4v) is 4.04. The Balaban J connectivity index is 2.19. The molecule has 0 atom stereocenters. The maximum atomic E-state index is 12.2. The first-order chi connectivity index (χ1) is 8.95. The van der Waals surface area contributed by atoms with E-state index >= 15 is 0 Å². The number of aromatic nitrogens is 2. The van der Waals surface area contributed by atoms with Crippen LogP contribution >= 0.6 is 22.9 Å². The van der Waals surface area contributed by atoms with Crippen molar-refractivity contribution >= 4 is 37.9 Å². The molecule has 0 unspecified atom stereocenters. The molecular formula is C10H15ClN4O2S2. The van der Waals surface area contributed by atoms with Crippen LogP contribution in [0, 0.1) is 0 Å². The van der Waals surface area contributed by atoms with Crippen LogP contribution in [0.15, 0.2) is 16.6 Å². The highest BCUT2D eigenvalue weighted by molar-refractivity contribution is 7.89. The number of hydrogen-bond donors (Lipinski definition) is 1. The molecule has 0 bridgehead atoms. The summed E-state index contributed by atoms with van der Waals surface area (Å²) < 4.78 is 28.5. The van der Waals surface area contributed by atoms with Gasteiger partial charge in [-0.2, -0.15) is 0 Å². The number of rotatable bonds is 6. The van der Waals surface area contributed by atoms with Gasteiger partial charge in [0.25, 0.3) is 10.0 Å². The van der Waals surface area contributed by atoms with Crippen LogP contribution in [0.1, 0.15) is 6.92 Å². The van der Waals surface area contributed by atoms with Crippen LogP contribution in [0.5, 0.6) is 0 Å². The quantitative estimate of drug-likeness (QED) is 0.870. The Labute approximate surface area is 121 Å². The number of thiazole rings is 1. The number of halogens is 1. The standard InChI is InChI=1S/C10H15ClN4O2S2/c1-3-14(2)5-4-12-19(16,17)9-8(11)13-10-15(9)6-7-18-10/h6-7,12H,3-5H2,1-2H3. The number of sulfonamides is 1. The summed E-state index contributed by atoms with van der Waals surface area (Å²) in [4.78, 5) is 6.60. The van der Waals surface area contributed by atoms with E-state index in [0.717, 1.165) is 6.54 Å². The predicted octanol–water partition coefficient (Wildman–Crippen LogP) is 1.28. The molecule has 0 aliphatic carbocycles. The summed E-state index contributed by atoms with van der Waals surface area (Å²) in [5, 5.41) is 1.77. The summed E-state index contributed by atoms with van der Waals surface area (Å²) in [5.41, 5.74) is 0. The van der Waals surface area contributed by atoms with Crippen LogP contribution in [0.3, 0.4) is 0 Å². The van der Waals surface area contributed by atoms with E-state index in [1.165, 1.54) is 15.7 Å². The zero-order valence-electron chi connectivity index (χ0n) is 10.6. The second-order valence-electron chi connectivity index (χ2n) is 4.06. The molecule has 2 aromatic rings. The minimum Gasteiger partial charge on any atom is -0.305 e. The van der Waals surface area contributed by atoms with Gasteiger partial charge in [-0.3, -0.25) is 4.40 Å². The van der Waals surface area contributed by atoms with Crippen LogP contribution in [-0.4, -0.2) is 49.4 Å². The summed E-state index contributed by atoms with van der Waals surface area (Å²) in [5.74, 6) is 0.